The monoisotopic (exact) mass is 289 g/mol. The fraction of sp³-hybridized carbons (Fsp3) is 0.455. The molecular formula is C11H16IN. The van der Waals surface area contributed by atoms with E-state index in [0.717, 1.165) is 6.42 Å². The van der Waals surface area contributed by atoms with Gasteiger partial charge in [0.15, 0.2) is 0 Å². The van der Waals surface area contributed by atoms with Crippen LogP contribution in [0.3, 0.4) is 0 Å². The third-order valence-corrected chi connectivity index (χ3v) is 3.97. The van der Waals surface area contributed by atoms with Gasteiger partial charge in [0, 0.05) is 12.7 Å². The zero-order valence-electron chi connectivity index (χ0n) is 8.42. The quantitative estimate of drug-likeness (QED) is 0.466. The van der Waals surface area contributed by atoms with Gasteiger partial charge in [0.25, 0.3) is 0 Å². The summed E-state index contributed by atoms with van der Waals surface area (Å²) in [6.07, 6.45) is 1.14. The van der Waals surface area contributed by atoms with Gasteiger partial charge >= 0.3 is 0 Å². The van der Waals surface area contributed by atoms with E-state index < -0.39 is 0 Å². The highest BCUT2D eigenvalue weighted by Crippen LogP contribution is 2.30. The van der Waals surface area contributed by atoms with Crippen molar-refractivity contribution in [3.05, 3.63) is 30.3 Å². The zero-order chi connectivity index (χ0) is 9.90. The lowest BCUT2D eigenvalue weighted by Crippen LogP contribution is -2.37. The van der Waals surface area contributed by atoms with Crippen molar-refractivity contribution < 1.29 is 0 Å². The summed E-state index contributed by atoms with van der Waals surface area (Å²) >= 11 is 2.50. The normalized spacial score (nSPS) is 15.1. The molecule has 0 radical (unpaired) electrons. The lowest BCUT2D eigenvalue weighted by molar-refractivity contribution is 0.637. The maximum atomic E-state index is 2.50. The summed E-state index contributed by atoms with van der Waals surface area (Å²) in [5, 5.41) is 0. The number of anilines is 1. The van der Waals surface area contributed by atoms with E-state index in [9.17, 15) is 0 Å². The lowest BCUT2D eigenvalue weighted by atomic mass is 10.2. The molecule has 0 aliphatic rings. The molecule has 2 heteroatoms. The average molecular weight is 289 g/mol. The van der Waals surface area contributed by atoms with Gasteiger partial charge in [0.2, 0.25) is 0 Å². The standard InChI is InChI=1S/C11H16IN/c1-4-11(2,12)13(3)10-8-6-5-7-9-10/h5-9H,4H2,1-3H3. The topological polar surface area (TPSA) is 3.24 Å². The van der Waals surface area contributed by atoms with E-state index in [4.69, 9.17) is 0 Å². The average Bonchev–Trinajstić information content (AvgIpc) is 2.18. The second-order valence-corrected chi connectivity index (χ2v) is 5.71. The molecule has 0 aliphatic carbocycles. The van der Waals surface area contributed by atoms with Crippen LogP contribution in [0.1, 0.15) is 20.3 Å². The third-order valence-electron chi connectivity index (χ3n) is 2.49. The molecule has 0 saturated carbocycles. The second kappa shape index (κ2) is 4.31. The Labute approximate surface area is 94.3 Å². The van der Waals surface area contributed by atoms with Crippen LogP contribution >= 0.6 is 22.6 Å². The summed E-state index contributed by atoms with van der Waals surface area (Å²) in [4.78, 5) is 2.31. The minimum absolute atomic E-state index is 0.207. The summed E-state index contributed by atoms with van der Waals surface area (Å²) in [6.45, 7) is 4.46. The highest BCUT2D eigenvalue weighted by molar-refractivity contribution is 14.1. The molecule has 0 N–H and O–H groups in total. The van der Waals surface area contributed by atoms with Gasteiger partial charge in [-0.05, 0) is 25.5 Å². The summed E-state index contributed by atoms with van der Waals surface area (Å²) < 4.78 is 0.207. The smallest absolute Gasteiger partial charge is 0.0883 e. The maximum Gasteiger partial charge on any atom is 0.0883 e. The molecule has 0 bridgehead atoms. The Morgan fingerprint density at radius 2 is 1.85 bits per heavy atom. The molecule has 0 aliphatic heterocycles. The number of halogens is 1. The SMILES string of the molecule is CCC(C)(I)N(C)c1ccccc1. The molecular weight excluding hydrogens is 273 g/mol. The fourth-order valence-corrected chi connectivity index (χ4v) is 1.44. The van der Waals surface area contributed by atoms with E-state index >= 15 is 0 Å². The highest BCUT2D eigenvalue weighted by atomic mass is 127. The number of para-hydroxylation sites is 1. The zero-order valence-corrected chi connectivity index (χ0v) is 10.6. The van der Waals surface area contributed by atoms with Crippen molar-refractivity contribution in [3.8, 4) is 0 Å². The van der Waals surface area contributed by atoms with E-state index in [1.165, 1.54) is 5.69 Å². The Morgan fingerprint density at radius 1 is 1.31 bits per heavy atom. The van der Waals surface area contributed by atoms with Crippen molar-refractivity contribution in [2.75, 3.05) is 11.9 Å². The molecule has 1 aromatic carbocycles. The van der Waals surface area contributed by atoms with Crippen molar-refractivity contribution in [2.45, 2.75) is 23.8 Å². The second-order valence-electron chi connectivity index (χ2n) is 3.39. The van der Waals surface area contributed by atoms with E-state index in [1.807, 2.05) is 6.07 Å². The Morgan fingerprint density at radius 3 is 2.31 bits per heavy atom. The molecule has 0 saturated heterocycles. The van der Waals surface area contributed by atoms with Gasteiger partial charge in [-0.3, -0.25) is 0 Å². The van der Waals surface area contributed by atoms with Crippen LogP contribution in [0.4, 0.5) is 5.69 Å². The van der Waals surface area contributed by atoms with Crippen LogP contribution in [0, 0.1) is 0 Å². The van der Waals surface area contributed by atoms with Gasteiger partial charge in [-0.2, -0.15) is 0 Å². The minimum Gasteiger partial charge on any atom is -0.360 e. The lowest BCUT2D eigenvalue weighted by Gasteiger charge is -2.34. The first kappa shape index (κ1) is 10.8. The predicted molar refractivity (Wildman–Crippen MR) is 67.6 cm³/mol. The highest BCUT2D eigenvalue weighted by Gasteiger charge is 2.22. The van der Waals surface area contributed by atoms with Gasteiger partial charge in [0.1, 0.15) is 0 Å². The molecule has 1 atom stereocenters. The van der Waals surface area contributed by atoms with Gasteiger partial charge < -0.3 is 4.90 Å². The molecule has 1 aromatic rings. The Balaban J connectivity index is 2.85. The van der Waals surface area contributed by atoms with Crippen LogP contribution in [0.25, 0.3) is 0 Å². The van der Waals surface area contributed by atoms with Crippen molar-refractivity contribution in [2.24, 2.45) is 0 Å². The maximum absolute atomic E-state index is 2.50. The summed E-state index contributed by atoms with van der Waals surface area (Å²) in [7, 11) is 2.14. The molecule has 0 spiro atoms. The van der Waals surface area contributed by atoms with Crippen molar-refractivity contribution >= 4 is 28.3 Å². The van der Waals surface area contributed by atoms with E-state index in [0.29, 0.717) is 0 Å². The first-order chi connectivity index (χ1) is 6.08. The van der Waals surface area contributed by atoms with Crippen molar-refractivity contribution in [3.63, 3.8) is 0 Å². The summed E-state index contributed by atoms with van der Waals surface area (Å²) in [5.41, 5.74) is 1.28. The molecule has 72 valence electrons. The van der Waals surface area contributed by atoms with Crippen LogP contribution in [0.5, 0.6) is 0 Å². The third kappa shape index (κ3) is 2.59. The number of nitrogens with zero attached hydrogens (tertiary/aromatic N) is 1. The number of alkyl halides is 1. The molecule has 0 amide bonds. The van der Waals surface area contributed by atoms with Crippen molar-refractivity contribution in [1.29, 1.82) is 0 Å². The minimum atomic E-state index is 0.207. The molecule has 0 aromatic heterocycles. The van der Waals surface area contributed by atoms with E-state index in [-0.39, 0.29) is 3.55 Å². The number of benzene rings is 1. The molecule has 1 rings (SSSR count). The van der Waals surface area contributed by atoms with Crippen LogP contribution < -0.4 is 4.90 Å². The Kier molecular flexibility index (Phi) is 3.59. The predicted octanol–water partition coefficient (Wildman–Crippen LogP) is 3.68. The van der Waals surface area contributed by atoms with Crippen LogP contribution in [-0.2, 0) is 0 Å². The van der Waals surface area contributed by atoms with E-state index in [2.05, 4.69) is 72.7 Å². The largest absolute Gasteiger partial charge is 0.360 e. The van der Waals surface area contributed by atoms with Crippen molar-refractivity contribution in [1.82, 2.24) is 0 Å². The molecule has 13 heavy (non-hydrogen) atoms. The van der Waals surface area contributed by atoms with Crippen LogP contribution in [0.2, 0.25) is 0 Å². The molecule has 0 fully saturated rings. The van der Waals surface area contributed by atoms with Gasteiger partial charge in [-0.25, -0.2) is 0 Å². The van der Waals surface area contributed by atoms with Gasteiger partial charge in [-0.1, -0.05) is 47.7 Å². The Bertz CT molecular complexity index is 256. The molecule has 1 nitrogen and oxygen atoms in total. The summed E-state index contributed by atoms with van der Waals surface area (Å²) in [6, 6.07) is 10.5. The first-order valence-electron chi connectivity index (χ1n) is 4.55. The number of rotatable bonds is 3. The van der Waals surface area contributed by atoms with Crippen LogP contribution in [-0.4, -0.2) is 10.6 Å². The number of hydrogen-bond donors (Lipinski definition) is 0. The van der Waals surface area contributed by atoms with Crippen LogP contribution in [0.15, 0.2) is 30.3 Å². The van der Waals surface area contributed by atoms with E-state index in [1.54, 1.807) is 0 Å². The molecule has 1 unspecified atom stereocenters. The van der Waals surface area contributed by atoms with Gasteiger partial charge in [-0.15, -0.1) is 0 Å². The number of hydrogen-bond acceptors (Lipinski definition) is 1. The van der Waals surface area contributed by atoms with Gasteiger partial charge in [0.05, 0.1) is 3.55 Å². The molecule has 0 heterocycles. The Hall–Kier alpha value is -0.250. The fourth-order valence-electron chi connectivity index (χ4n) is 1.16. The first-order valence-corrected chi connectivity index (χ1v) is 5.63. The summed E-state index contributed by atoms with van der Waals surface area (Å²) in [5.74, 6) is 0.